The Kier molecular flexibility index (Phi) is 5.47. The molecule has 1 aliphatic carbocycles. The van der Waals surface area contributed by atoms with Crippen LogP contribution in [0.25, 0.3) is 0 Å². The Morgan fingerprint density at radius 3 is 2.95 bits per heavy atom. The molecule has 1 N–H and O–H groups in total. The van der Waals surface area contributed by atoms with Crippen LogP contribution in [-0.4, -0.2) is 26.2 Å². The molecule has 0 fully saturated rings. The van der Waals surface area contributed by atoms with Crippen molar-refractivity contribution in [2.24, 2.45) is 5.92 Å². The van der Waals surface area contributed by atoms with E-state index in [1.54, 1.807) is 7.11 Å². The van der Waals surface area contributed by atoms with Crippen molar-refractivity contribution in [1.82, 2.24) is 5.32 Å². The number of rotatable bonds is 6. The Hall–Kier alpha value is -1.97. The third-order valence-electron chi connectivity index (χ3n) is 3.35. The number of benzene rings is 1. The second-order valence-electron chi connectivity index (χ2n) is 4.80. The van der Waals surface area contributed by atoms with Crippen LogP contribution in [0.1, 0.15) is 19.3 Å². The Morgan fingerprint density at radius 1 is 1.35 bits per heavy atom. The van der Waals surface area contributed by atoms with E-state index in [4.69, 9.17) is 9.47 Å². The minimum Gasteiger partial charge on any atom is -0.497 e. The third-order valence-corrected chi connectivity index (χ3v) is 3.35. The summed E-state index contributed by atoms with van der Waals surface area (Å²) in [6.07, 6.45) is 7.01. The molecule has 0 radical (unpaired) electrons. The highest BCUT2D eigenvalue weighted by molar-refractivity contribution is 5.78. The maximum absolute atomic E-state index is 11.9. The largest absolute Gasteiger partial charge is 0.497 e. The normalized spacial score (nSPS) is 17.6. The summed E-state index contributed by atoms with van der Waals surface area (Å²) in [5, 5.41) is 2.92. The zero-order chi connectivity index (χ0) is 14.2. The molecule has 0 aliphatic heterocycles. The quantitative estimate of drug-likeness (QED) is 0.641. The molecule has 4 nitrogen and oxygen atoms in total. The average molecular weight is 275 g/mol. The summed E-state index contributed by atoms with van der Waals surface area (Å²) in [4.78, 5) is 11.9. The Bertz CT molecular complexity index is 471. The molecule has 0 bridgehead atoms. The zero-order valence-electron chi connectivity index (χ0n) is 11.8. The first-order valence-corrected chi connectivity index (χ1v) is 6.99. The third kappa shape index (κ3) is 4.30. The number of amides is 1. The van der Waals surface area contributed by atoms with E-state index in [9.17, 15) is 4.79 Å². The van der Waals surface area contributed by atoms with Crippen molar-refractivity contribution in [3.63, 3.8) is 0 Å². The van der Waals surface area contributed by atoms with Gasteiger partial charge in [-0.05, 0) is 31.4 Å². The lowest BCUT2D eigenvalue weighted by Crippen LogP contribution is -2.34. The number of hydrogen-bond donors (Lipinski definition) is 1. The van der Waals surface area contributed by atoms with E-state index < -0.39 is 0 Å². The van der Waals surface area contributed by atoms with Crippen molar-refractivity contribution in [3.05, 3.63) is 36.4 Å². The lowest BCUT2D eigenvalue weighted by Gasteiger charge is -2.17. The summed E-state index contributed by atoms with van der Waals surface area (Å²) < 4.78 is 10.7. The van der Waals surface area contributed by atoms with Crippen LogP contribution < -0.4 is 14.8 Å². The van der Waals surface area contributed by atoms with Crippen LogP contribution in [0.15, 0.2) is 36.4 Å². The van der Waals surface area contributed by atoms with Crippen LogP contribution >= 0.6 is 0 Å². The van der Waals surface area contributed by atoms with Gasteiger partial charge in [0.1, 0.15) is 18.1 Å². The van der Waals surface area contributed by atoms with E-state index in [1.165, 1.54) is 0 Å². The highest BCUT2D eigenvalue weighted by Crippen LogP contribution is 2.19. The number of allylic oxidation sites excluding steroid dienone is 2. The van der Waals surface area contributed by atoms with Crippen molar-refractivity contribution in [3.8, 4) is 11.5 Å². The average Bonchev–Trinajstić information content (AvgIpc) is 2.52. The zero-order valence-corrected chi connectivity index (χ0v) is 11.8. The molecule has 0 saturated carbocycles. The SMILES string of the molecule is COc1cccc(OCCNC(=O)[C@H]2CC=CCC2)c1. The van der Waals surface area contributed by atoms with Gasteiger partial charge in [0, 0.05) is 12.0 Å². The summed E-state index contributed by atoms with van der Waals surface area (Å²) in [7, 11) is 1.62. The van der Waals surface area contributed by atoms with Crippen LogP contribution in [0.3, 0.4) is 0 Å². The number of carbonyl (C=O) groups is 1. The number of methoxy groups -OCH3 is 1. The van der Waals surface area contributed by atoms with Crippen molar-refractivity contribution in [1.29, 1.82) is 0 Å². The first-order chi connectivity index (χ1) is 9.79. The molecule has 108 valence electrons. The Balaban J connectivity index is 1.68. The van der Waals surface area contributed by atoms with Crippen LogP contribution in [0.2, 0.25) is 0 Å². The van der Waals surface area contributed by atoms with E-state index in [0.29, 0.717) is 13.2 Å². The van der Waals surface area contributed by atoms with Crippen LogP contribution in [0.4, 0.5) is 0 Å². The molecule has 4 heteroatoms. The van der Waals surface area contributed by atoms with Gasteiger partial charge >= 0.3 is 0 Å². The lowest BCUT2D eigenvalue weighted by molar-refractivity contribution is -0.125. The van der Waals surface area contributed by atoms with Gasteiger partial charge in [-0.1, -0.05) is 18.2 Å². The molecular weight excluding hydrogens is 254 g/mol. The molecule has 0 heterocycles. The second kappa shape index (κ2) is 7.58. The number of carbonyl (C=O) groups excluding carboxylic acids is 1. The molecule has 20 heavy (non-hydrogen) atoms. The van der Waals surface area contributed by atoms with Gasteiger partial charge in [0.15, 0.2) is 0 Å². The van der Waals surface area contributed by atoms with Gasteiger partial charge in [-0.3, -0.25) is 4.79 Å². The maximum atomic E-state index is 11.9. The van der Waals surface area contributed by atoms with Gasteiger partial charge in [0.05, 0.1) is 13.7 Å². The van der Waals surface area contributed by atoms with Gasteiger partial charge in [-0.15, -0.1) is 0 Å². The topological polar surface area (TPSA) is 47.6 Å². The van der Waals surface area contributed by atoms with Crippen LogP contribution in [0.5, 0.6) is 11.5 Å². The summed E-state index contributed by atoms with van der Waals surface area (Å²) in [6.45, 7) is 0.984. The van der Waals surface area contributed by atoms with E-state index in [1.807, 2.05) is 24.3 Å². The summed E-state index contributed by atoms with van der Waals surface area (Å²) in [5.74, 6) is 1.76. The first-order valence-electron chi connectivity index (χ1n) is 6.99. The fourth-order valence-electron chi connectivity index (χ4n) is 2.21. The molecule has 1 aliphatic rings. The second-order valence-corrected chi connectivity index (χ2v) is 4.80. The fraction of sp³-hybridized carbons (Fsp3) is 0.438. The van der Waals surface area contributed by atoms with E-state index >= 15 is 0 Å². The molecule has 0 unspecified atom stereocenters. The molecule has 1 atom stereocenters. The molecule has 2 rings (SSSR count). The summed E-state index contributed by atoms with van der Waals surface area (Å²) in [5.41, 5.74) is 0. The first kappa shape index (κ1) is 14.4. The molecule has 0 spiro atoms. The lowest BCUT2D eigenvalue weighted by atomic mass is 9.94. The van der Waals surface area contributed by atoms with Gasteiger partial charge < -0.3 is 14.8 Å². The monoisotopic (exact) mass is 275 g/mol. The maximum Gasteiger partial charge on any atom is 0.223 e. The standard InChI is InChI=1S/C16H21NO3/c1-19-14-8-5-9-15(12-14)20-11-10-17-16(18)13-6-3-2-4-7-13/h2-3,5,8-9,12-13H,4,6-7,10-11H2,1H3,(H,17,18)/t13-/m0/s1. The fourth-order valence-corrected chi connectivity index (χ4v) is 2.21. The molecule has 0 saturated heterocycles. The highest BCUT2D eigenvalue weighted by atomic mass is 16.5. The van der Waals surface area contributed by atoms with Gasteiger partial charge in [0.2, 0.25) is 5.91 Å². The van der Waals surface area contributed by atoms with Crippen LogP contribution in [-0.2, 0) is 4.79 Å². The minimum absolute atomic E-state index is 0.122. The van der Waals surface area contributed by atoms with Crippen molar-refractivity contribution in [2.75, 3.05) is 20.3 Å². The molecule has 0 aromatic heterocycles. The molecule has 1 amide bonds. The van der Waals surface area contributed by atoms with Crippen molar-refractivity contribution in [2.45, 2.75) is 19.3 Å². The number of ether oxygens (including phenoxy) is 2. The van der Waals surface area contributed by atoms with Crippen molar-refractivity contribution >= 4 is 5.91 Å². The highest BCUT2D eigenvalue weighted by Gasteiger charge is 2.17. The van der Waals surface area contributed by atoms with E-state index in [2.05, 4.69) is 17.5 Å². The summed E-state index contributed by atoms with van der Waals surface area (Å²) >= 11 is 0. The Morgan fingerprint density at radius 2 is 2.20 bits per heavy atom. The number of nitrogens with one attached hydrogen (secondary N) is 1. The van der Waals surface area contributed by atoms with E-state index in [-0.39, 0.29) is 11.8 Å². The predicted molar refractivity (Wildman–Crippen MR) is 78.0 cm³/mol. The minimum atomic E-state index is 0.122. The molecular formula is C16H21NO3. The van der Waals surface area contributed by atoms with Gasteiger partial charge in [-0.25, -0.2) is 0 Å². The molecule has 1 aromatic carbocycles. The van der Waals surface area contributed by atoms with Crippen LogP contribution in [0, 0.1) is 5.92 Å². The number of hydrogen-bond acceptors (Lipinski definition) is 3. The van der Waals surface area contributed by atoms with Gasteiger partial charge in [0.25, 0.3) is 0 Å². The van der Waals surface area contributed by atoms with Gasteiger partial charge in [-0.2, -0.15) is 0 Å². The Labute approximate surface area is 119 Å². The summed E-state index contributed by atoms with van der Waals surface area (Å²) in [6, 6.07) is 7.44. The predicted octanol–water partition coefficient (Wildman–Crippen LogP) is 2.55. The smallest absolute Gasteiger partial charge is 0.223 e. The molecule has 1 aromatic rings. The van der Waals surface area contributed by atoms with E-state index in [0.717, 1.165) is 30.8 Å². The van der Waals surface area contributed by atoms with Crippen molar-refractivity contribution < 1.29 is 14.3 Å².